The highest BCUT2D eigenvalue weighted by molar-refractivity contribution is 5.96. The quantitative estimate of drug-likeness (QED) is 0.902. The predicted octanol–water partition coefficient (Wildman–Crippen LogP) is 2.70. The van der Waals surface area contributed by atoms with Gasteiger partial charge in [-0.1, -0.05) is 27.7 Å². The van der Waals surface area contributed by atoms with Crippen molar-refractivity contribution >= 4 is 22.7 Å². The third-order valence-corrected chi connectivity index (χ3v) is 3.22. The number of anilines is 1. The standard InChI is InChI=1S/C15H21N3O2/c1-5-12-18-10-8-9(6-7-11(10)20-12)17-14(19)13(16)15(2,3)4/h6-8,13H,5,16H2,1-4H3,(H,17,19). The van der Waals surface area contributed by atoms with Crippen molar-refractivity contribution in [1.82, 2.24) is 4.98 Å². The van der Waals surface area contributed by atoms with Gasteiger partial charge in [0.05, 0.1) is 6.04 Å². The lowest BCUT2D eigenvalue weighted by molar-refractivity contribution is -0.119. The number of carbonyl (C=O) groups is 1. The molecule has 1 aromatic heterocycles. The highest BCUT2D eigenvalue weighted by Crippen LogP contribution is 2.22. The van der Waals surface area contributed by atoms with E-state index in [1.807, 2.05) is 27.7 Å². The van der Waals surface area contributed by atoms with E-state index in [1.54, 1.807) is 18.2 Å². The average Bonchev–Trinajstić information content (AvgIpc) is 2.78. The first kappa shape index (κ1) is 14.5. The Morgan fingerprint density at radius 2 is 2.15 bits per heavy atom. The van der Waals surface area contributed by atoms with Gasteiger partial charge in [0, 0.05) is 12.1 Å². The van der Waals surface area contributed by atoms with Gasteiger partial charge >= 0.3 is 0 Å². The molecule has 5 nitrogen and oxygen atoms in total. The summed E-state index contributed by atoms with van der Waals surface area (Å²) in [4.78, 5) is 16.4. The maximum atomic E-state index is 12.1. The normalized spacial score (nSPS) is 13.4. The van der Waals surface area contributed by atoms with Crippen LogP contribution in [0.25, 0.3) is 11.1 Å². The van der Waals surface area contributed by atoms with Gasteiger partial charge in [0.25, 0.3) is 0 Å². The zero-order valence-corrected chi connectivity index (χ0v) is 12.4. The van der Waals surface area contributed by atoms with Gasteiger partial charge in [0.2, 0.25) is 5.91 Å². The number of nitrogens with zero attached hydrogens (tertiary/aromatic N) is 1. The number of hydrogen-bond donors (Lipinski definition) is 2. The SMILES string of the molecule is CCc1nc2cc(NC(=O)C(N)C(C)(C)C)ccc2o1. The van der Waals surface area contributed by atoms with Gasteiger partial charge < -0.3 is 15.5 Å². The molecule has 2 rings (SSSR count). The summed E-state index contributed by atoms with van der Waals surface area (Å²) in [6.07, 6.45) is 0.741. The van der Waals surface area contributed by atoms with E-state index in [1.165, 1.54) is 0 Å². The molecule has 5 heteroatoms. The van der Waals surface area contributed by atoms with Crippen molar-refractivity contribution in [3.05, 3.63) is 24.1 Å². The van der Waals surface area contributed by atoms with Crippen LogP contribution in [-0.2, 0) is 11.2 Å². The van der Waals surface area contributed by atoms with E-state index >= 15 is 0 Å². The van der Waals surface area contributed by atoms with Gasteiger partial charge in [-0.25, -0.2) is 4.98 Å². The number of hydrogen-bond acceptors (Lipinski definition) is 4. The molecule has 0 spiro atoms. The second-order valence-electron chi connectivity index (χ2n) is 5.98. The van der Waals surface area contributed by atoms with Crippen molar-refractivity contribution in [1.29, 1.82) is 0 Å². The summed E-state index contributed by atoms with van der Waals surface area (Å²) < 4.78 is 5.53. The fourth-order valence-electron chi connectivity index (χ4n) is 1.82. The summed E-state index contributed by atoms with van der Waals surface area (Å²) in [5.74, 6) is 0.492. The van der Waals surface area contributed by atoms with Crippen LogP contribution in [0.5, 0.6) is 0 Å². The third-order valence-electron chi connectivity index (χ3n) is 3.22. The van der Waals surface area contributed by atoms with E-state index in [2.05, 4.69) is 10.3 Å². The number of fused-ring (bicyclic) bond motifs is 1. The summed E-state index contributed by atoms with van der Waals surface area (Å²) >= 11 is 0. The van der Waals surface area contributed by atoms with Gasteiger partial charge in [-0.15, -0.1) is 0 Å². The maximum absolute atomic E-state index is 12.1. The van der Waals surface area contributed by atoms with Crippen LogP contribution in [0.4, 0.5) is 5.69 Å². The Morgan fingerprint density at radius 3 is 2.75 bits per heavy atom. The molecule has 2 aromatic rings. The summed E-state index contributed by atoms with van der Waals surface area (Å²) in [6.45, 7) is 7.79. The number of nitrogens with one attached hydrogen (secondary N) is 1. The average molecular weight is 275 g/mol. The van der Waals surface area contributed by atoms with Crippen molar-refractivity contribution < 1.29 is 9.21 Å². The number of carbonyl (C=O) groups excluding carboxylic acids is 1. The molecule has 0 aliphatic carbocycles. The Morgan fingerprint density at radius 1 is 1.45 bits per heavy atom. The first-order valence-corrected chi connectivity index (χ1v) is 6.77. The largest absolute Gasteiger partial charge is 0.441 e. The molecule has 108 valence electrons. The number of amides is 1. The number of aryl methyl sites for hydroxylation is 1. The first-order chi connectivity index (χ1) is 9.31. The Hall–Kier alpha value is -1.88. The van der Waals surface area contributed by atoms with E-state index in [9.17, 15) is 4.79 Å². The Bertz CT molecular complexity index is 626. The number of nitrogens with two attached hydrogens (primary N) is 1. The lowest BCUT2D eigenvalue weighted by Crippen LogP contribution is -2.45. The van der Waals surface area contributed by atoms with Crippen LogP contribution < -0.4 is 11.1 Å². The molecule has 0 saturated heterocycles. The molecule has 1 amide bonds. The second kappa shape index (κ2) is 5.25. The molecule has 0 fully saturated rings. The van der Waals surface area contributed by atoms with E-state index in [0.29, 0.717) is 11.6 Å². The van der Waals surface area contributed by atoms with Crippen molar-refractivity contribution in [3.8, 4) is 0 Å². The molecule has 1 aromatic carbocycles. The smallest absolute Gasteiger partial charge is 0.241 e. The van der Waals surface area contributed by atoms with Crippen LogP contribution in [0.3, 0.4) is 0 Å². The topological polar surface area (TPSA) is 81.2 Å². The van der Waals surface area contributed by atoms with Gasteiger partial charge in [0.15, 0.2) is 11.5 Å². The van der Waals surface area contributed by atoms with E-state index < -0.39 is 6.04 Å². The highest BCUT2D eigenvalue weighted by Gasteiger charge is 2.27. The van der Waals surface area contributed by atoms with Crippen molar-refractivity contribution in [2.45, 2.75) is 40.2 Å². The summed E-state index contributed by atoms with van der Waals surface area (Å²) in [5.41, 5.74) is 7.79. The van der Waals surface area contributed by atoms with Crippen LogP contribution in [0.1, 0.15) is 33.6 Å². The number of benzene rings is 1. The molecule has 20 heavy (non-hydrogen) atoms. The maximum Gasteiger partial charge on any atom is 0.241 e. The Kier molecular flexibility index (Phi) is 3.81. The van der Waals surface area contributed by atoms with Crippen molar-refractivity contribution in [3.63, 3.8) is 0 Å². The Balaban J connectivity index is 2.19. The molecule has 0 radical (unpaired) electrons. The Labute approximate surface area is 118 Å². The van der Waals surface area contributed by atoms with Crippen LogP contribution in [0.2, 0.25) is 0 Å². The predicted molar refractivity (Wildman–Crippen MR) is 79.4 cm³/mol. The van der Waals surface area contributed by atoms with Gasteiger partial charge in [-0.2, -0.15) is 0 Å². The van der Waals surface area contributed by atoms with Gasteiger partial charge in [-0.05, 0) is 23.6 Å². The molecule has 0 aliphatic rings. The number of aromatic nitrogens is 1. The molecule has 0 saturated carbocycles. The molecule has 0 bridgehead atoms. The first-order valence-electron chi connectivity index (χ1n) is 6.77. The molecule has 0 aliphatic heterocycles. The molecule has 1 heterocycles. The van der Waals surface area contributed by atoms with E-state index in [4.69, 9.17) is 10.2 Å². The lowest BCUT2D eigenvalue weighted by Gasteiger charge is -2.25. The molecule has 3 N–H and O–H groups in total. The van der Waals surface area contributed by atoms with E-state index in [0.717, 1.165) is 17.5 Å². The summed E-state index contributed by atoms with van der Waals surface area (Å²) in [6, 6.07) is 4.83. The van der Waals surface area contributed by atoms with Crippen LogP contribution >= 0.6 is 0 Å². The van der Waals surface area contributed by atoms with Crippen molar-refractivity contribution in [2.75, 3.05) is 5.32 Å². The highest BCUT2D eigenvalue weighted by atomic mass is 16.3. The van der Waals surface area contributed by atoms with Gasteiger partial charge in [0.1, 0.15) is 5.52 Å². The molecule has 1 unspecified atom stereocenters. The zero-order chi connectivity index (χ0) is 14.9. The lowest BCUT2D eigenvalue weighted by atomic mass is 9.87. The summed E-state index contributed by atoms with van der Waals surface area (Å²) in [7, 11) is 0. The number of rotatable bonds is 3. The molecular formula is C15H21N3O2. The van der Waals surface area contributed by atoms with Crippen LogP contribution in [-0.4, -0.2) is 16.9 Å². The van der Waals surface area contributed by atoms with E-state index in [-0.39, 0.29) is 11.3 Å². The van der Waals surface area contributed by atoms with Gasteiger partial charge in [-0.3, -0.25) is 4.79 Å². The fraction of sp³-hybridized carbons (Fsp3) is 0.467. The minimum atomic E-state index is -0.568. The zero-order valence-electron chi connectivity index (χ0n) is 12.4. The van der Waals surface area contributed by atoms with Crippen molar-refractivity contribution in [2.24, 2.45) is 11.1 Å². The fourth-order valence-corrected chi connectivity index (χ4v) is 1.82. The minimum absolute atomic E-state index is 0.198. The number of oxazole rings is 1. The molecule has 1 atom stereocenters. The van der Waals surface area contributed by atoms with Crippen LogP contribution in [0.15, 0.2) is 22.6 Å². The molecular weight excluding hydrogens is 254 g/mol. The second-order valence-corrected chi connectivity index (χ2v) is 5.98. The summed E-state index contributed by atoms with van der Waals surface area (Å²) in [5, 5.41) is 2.82. The van der Waals surface area contributed by atoms with Crippen LogP contribution in [0, 0.1) is 5.41 Å². The minimum Gasteiger partial charge on any atom is -0.441 e. The monoisotopic (exact) mass is 275 g/mol. The third kappa shape index (κ3) is 2.99.